The van der Waals surface area contributed by atoms with Gasteiger partial charge >= 0.3 is 5.69 Å². The van der Waals surface area contributed by atoms with Crippen LogP contribution in [-0.2, 0) is 20.6 Å². The van der Waals surface area contributed by atoms with Gasteiger partial charge in [-0.2, -0.15) is 0 Å². The van der Waals surface area contributed by atoms with Crippen molar-refractivity contribution in [3.63, 3.8) is 0 Å². The molecule has 8 nitrogen and oxygen atoms in total. The molecule has 1 amide bonds. The van der Waals surface area contributed by atoms with Crippen LogP contribution in [0.25, 0.3) is 11.0 Å². The molecule has 0 aliphatic rings. The molecular formula is C17H17N5O3. The van der Waals surface area contributed by atoms with Crippen molar-refractivity contribution in [3.05, 3.63) is 68.5 Å². The summed E-state index contributed by atoms with van der Waals surface area (Å²) in [5.41, 5.74) is 6.38. The van der Waals surface area contributed by atoms with Crippen molar-refractivity contribution in [1.82, 2.24) is 14.1 Å². The largest absolute Gasteiger partial charge is 0.332 e. The predicted molar refractivity (Wildman–Crippen MR) is 94.5 cm³/mol. The summed E-state index contributed by atoms with van der Waals surface area (Å²) in [6.07, 6.45) is 0. The average Bonchev–Trinajstić information content (AvgIpc) is 2.64. The van der Waals surface area contributed by atoms with Crippen molar-refractivity contribution in [2.24, 2.45) is 19.8 Å². The highest BCUT2D eigenvalue weighted by Crippen LogP contribution is 2.12. The summed E-state index contributed by atoms with van der Waals surface area (Å²) >= 11 is 0. The monoisotopic (exact) mass is 339 g/mol. The summed E-state index contributed by atoms with van der Waals surface area (Å²) < 4.78 is 2.24. The number of nitrogens with two attached hydrogens (primary N) is 1. The topological polar surface area (TPSA) is 112 Å². The van der Waals surface area contributed by atoms with Crippen molar-refractivity contribution < 1.29 is 4.79 Å². The van der Waals surface area contributed by atoms with Crippen LogP contribution in [0.4, 0.5) is 5.69 Å². The zero-order chi connectivity index (χ0) is 18.1. The van der Waals surface area contributed by atoms with Crippen LogP contribution in [0.2, 0.25) is 0 Å². The van der Waals surface area contributed by atoms with Gasteiger partial charge in [0.1, 0.15) is 11.3 Å². The molecule has 2 aromatic heterocycles. The van der Waals surface area contributed by atoms with Crippen LogP contribution in [0, 0.1) is 0 Å². The molecule has 0 aliphatic heterocycles. The average molecular weight is 339 g/mol. The summed E-state index contributed by atoms with van der Waals surface area (Å²) in [5, 5.41) is 3.00. The molecule has 0 aliphatic carbocycles. The Labute approximate surface area is 142 Å². The summed E-state index contributed by atoms with van der Waals surface area (Å²) in [6.45, 7) is 0.364. The second-order valence-corrected chi connectivity index (χ2v) is 5.63. The van der Waals surface area contributed by atoms with Gasteiger partial charge in [0.2, 0.25) is 0 Å². The lowest BCUT2D eigenvalue weighted by atomic mass is 10.2. The number of nitrogens with zero attached hydrogens (tertiary/aromatic N) is 3. The molecule has 3 rings (SSSR count). The van der Waals surface area contributed by atoms with Gasteiger partial charge in [-0.1, -0.05) is 12.1 Å². The van der Waals surface area contributed by atoms with E-state index in [1.54, 1.807) is 18.2 Å². The van der Waals surface area contributed by atoms with E-state index in [1.165, 1.54) is 30.8 Å². The first kappa shape index (κ1) is 16.6. The van der Waals surface area contributed by atoms with Crippen LogP contribution in [0.5, 0.6) is 0 Å². The Morgan fingerprint density at radius 3 is 2.64 bits per heavy atom. The molecule has 2 heterocycles. The molecule has 0 bridgehead atoms. The van der Waals surface area contributed by atoms with Crippen LogP contribution in [0.3, 0.4) is 0 Å². The Bertz CT molecular complexity index is 1100. The van der Waals surface area contributed by atoms with Gasteiger partial charge in [-0.3, -0.25) is 18.7 Å². The fourth-order valence-electron chi connectivity index (χ4n) is 2.55. The van der Waals surface area contributed by atoms with Gasteiger partial charge in [-0.05, 0) is 29.8 Å². The number of aromatic nitrogens is 3. The van der Waals surface area contributed by atoms with Crippen LogP contribution < -0.4 is 22.3 Å². The van der Waals surface area contributed by atoms with Gasteiger partial charge in [0.25, 0.3) is 11.5 Å². The van der Waals surface area contributed by atoms with E-state index in [2.05, 4.69) is 10.3 Å². The van der Waals surface area contributed by atoms with Gasteiger partial charge in [-0.15, -0.1) is 0 Å². The highest BCUT2D eigenvalue weighted by Gasteiger charge is 2.14. The zero-order valence-corrected chi connectivity index (χ0v) is 13.8. The number of rotatable bonds is 3. The molecule has 128 valence electrons. The maximum atomic E-state index is 12.4. The van der Waals surface area contributed by atoms with E-state index in [0.717, 1.165) is 10.1 Å². The molecule has 1 aromatic carbocycles. The van der Waals surface area contributed by atoms with Crippen molar-refractivity contribution in [1.29, 1.82) is 0 Å². The van der Waals surface area contributed by atoms with Gasteiger partial charge in [0.15, 0.2) is 0 Å². The third kappa shape index (κ3) is 2.94. The van der Waals surface area contributed by atoms with Gasteiger partial charge in [0.05, 0.1) is 5.39 Å². The third-order valence-electron chi connectivity index (χ3n) is 3.95. The molecule has 3 N–H and O–H groups in total. The summed E-state index contributed by atoms with van der Waals surface area (Å²) in [6, 6.07) is 10.1. The molecule has 0 radical (unpaired) electrons. The molecule has 0 saturated carbocycles. The van der Waals surface area contributed by atoms with Crippen molar-refractivity contribution in [2.45, 2.75) is 6.54 Å². The lowest BCUT2D eigenvalue weighted by Gasteiger charge is -2.09. The minimum Gasteiger partial charge on any atom is -0.326 e. The maximum absolute atomic E-state index is 12.4. The Hall–Kier alpha value is -3.26. The molecule has 3 aromatic rings. The first-order valence-corrected chi connectivity index (χ1v) is 7.59. The molecule has 0 spiro atoms. The zero-order valence-electron chi connectivity index (χ0n) is 13.8. The van der Waals surface area contributed by atoms with Gasteiger partial charge < -0.3 is 11.1 Å². The van der Waals surface area contributed by atoms with E-state index < -0.39 is 17.2 Å². The fourth-order valence-corrected chi connectivity index (χ4v) is 2.55. The smallest absolute Gasteiger partial charge is 0.326 e. The molecule has 25 heavy (non-hydrogen) atoms. The van der Waals surface area contributed by atoms with E-state index >= 15 is 0 Å². The van der Waals surface area contributed by atoms with E-state index in [1.807, 2.05) is 6.07 Å². The van der Waals surface area contributed by atoms with Crippen LogP contribution >= 0.6 is 0 Å². The number of benzene rings is 1. The third-order valence-corrected chi connectivity index (χ3v) is 3.95. The summed E-state index contributed by atoms with van der Waals surface area (Å²) in [7, 11) is 2.90. The minimum atomic E-state index is -0.502. The first-order valence-electron chi connectivity index (χ1n) is 7.59. The summed E-state index contributed by atoms with van der Waals surface area (Å²) in [4.78, 5) is 40.8. The predicted octanol–water partition coefficient (Wildman–Crippen LogP) is 0.343. The minimum absolute atomic E-state index is 0.105. The number of carbonyl (C=O) groups excluding carboxylic acids is 1. The molecule has 0 atom stereocenters. The van der Waals surface area contributed by atoms with Gasteiger partial charge in [0, 0.05) is 26.3 Å². The highest BCUT2D eigenvalue weighted by atomic mass is 16.2. The fraction of sp³-hybridized carbons (Fsp3) is 0.176. The SMILES string of the molecule is Cn1c(=O)c2ccc(C(=O)Nc3cccc(CN)c3)nc2n(C)c1=O. The lowest BCUT2D eigenvalue weighted by Crippen LogP contribution is -2.37. The normalized spacial score (nSPS) is 10.8. The number of fused-ring (bicyclic) bond motifs is 1. The number of aryl methyl sites for hydroxylation is 1. The van der Waals surface area contributed by atoms with Crippen LogP contribution in [0.15, 0.2) is 46.0 Å². The van der Waals surface area contributed by atoms with Gasteiger partial charge in [-0.25, -0.2) is 9.78 Å². The number of pyridine rings is 1. The highest BCUT2D eigenvalue weighted by molar-refractivity contribution is 6.03. The molecule has 8 heteroatoms. The summed E-state index contributed by atoms with van der Waals surface area (Å²) in [5.74, 6) is -0.441. The number of hydrogen-bond acceptors (Lipinski definition) is 5. The standard InChI is InChI=1S/C17H17N5O3/c1-21-14-12(16(24)22(2)17(21)25)6-7-13(20-14)15(23)19-11-5-3-4-10(8-11)9-18/h3-8H,9,18H2,1-2H3,(H,19,23). The van der Waals surface area contributed by atoms with E-state index in [0.29, 0.717) is 12.2 Å². The quantitative estimate of drug-likeness (QED) is 0.715. The maximum Gasteiger partial charge on any atom is 0.332 e. The number of amides is 1. The lowest BCUT2D eigenvalue weighted by molar-refractivity contribution is 0.102. The van der Waals surface area contributed by atoms with Crippen LogP contribution in [-0.4, -0.2) is 20.0 Å². The Balaban J connectivity index is 2.03. The van der Waals surface area contributed by atoms with Crippen molar-refractivity contribution >= 4 is 22.6 Å². The Morgan fingerprint density at radius 2 is 1.92 bits per heavy atom. The second-order valence-electron chi connectivity index (χ2n) is 5.63. The Morgan fingerprint density at radius 1 is 1.16 bits per heavy atom. The van der Waals surface area contributed by atoms with Crippen LogP contribution in [0.1, 0.15) is 16.1 Å². The molecular weight excluding hydrogens is 322 g/mol. The number of carbonyl (C=O) groups is 1. The van der Waals surface area contributed by atoms with E-state index in [4.69, 9.17) is 5.73 Å². The second kappa shape index (κ2) is 6.33. The molecule has 0 fully saturated rings. The number of anilines is 1. The number of hydrogen-bond donors (Lipinski definition) is 2. The van der Waals surface area contributed by atoms with Crippen molar-refractivity contribution in [2.75, 3.05) is 5.32 Å². The Kier molecular flexibility index (Phi) is 4.20. The number of nitrogens with one attached hydrogen (secondary N) is 1. The van der Waals surface area contributed by atoms with E-state index in [9.17, 15) is 14.4 Å². The van der Waals surface area contributed by atoms with Crippen molar-refractivity contribution in [3.8, 4) is 0 Å². The van der Waals surface area contributed by atoms with E-state index in [-0.39, 0.29) is 16.7 Å². The first-order chi connectivity index (χ1) is 11.9. The molecule has 0 saturated heterocycles. The molecule has 0 unspecified atom stereocenters.